The number of hydrogen-bond donors (Lipinski definition) is 4. The largest absolute Gasteiger partial charge is 0.606 e. The Morgan fingerprint density at radius 2 is 1.88 bits per heavy atom. The van der Waals surface area contributed by atoms with Crippen LogP contribution in [0.5, 0.6) is 28.9 Å². The van der Waals surface area contributed by atoms with Gasteiger partial charge in [0, 0.05) is 41.1 Å². The molecule has 43 heavy (non-hydrogen) atoms. The maximum Gasteiger partial charge on any atom is 0.260 e. The number of primary amides is 1. The fourth-order valence-corrected chi connectivity index (χ4v) is 5.53. The molecular weight excluding hydrogens is 582 g/mol. The highest BCUT2D eigenvalue weighted by molar-refractivity contribution is 7.91. The van der Waals surface area contributed by atoms with Crippen molar-refractivity contribution in [1.82, 2.24) is 9.88 Å². The number of ether oxygens (including phenoxy) is 2. The fraction of sp³-hybridized carbons (Fsp3) is 0.103. The first-order valence-electron chi connectivity index (χ1n) is 12.6. The highest BCUT2D eigenvalue weighted by Gasteiger charge is 2.29. The number of nitrogen functional groups attached to an aromatic ring is 1. The number of pyridine rings is 1. The highest BCUT2D eigenvalue weighted by Crippen LogP contribution is 2.41. The highest BCUT2D eigenvalue weighted by atomic mass is 32.2. The summed E-state index contributed by atoms with van der Waals surface area (Å²) in [6.07, 6.45) is 1.69. The fourth-order valence-electron chi connectivity index (χ4n) is 4.28. The molecule has 0 aliphatic carbocycles. The van der Waals surface area contributed by atoms with Gasteiger partial charge in [0.2, 0.25) is 11.6 Å². The van der Waals surface area contributed by atoms with Gasteiger partial charge in [-0.25, -0.2) is 9.37 Å². The van der Waals surface area contributed by atoms with Crippen LogP contribution < -0.4 is 20.9 Å². The van der Waals surface area contributed by atoms with Crippen molar-refractivity contribution in [2.45, 2.75) is 16.0 Å². The van der Waals surface area contributed by atoms with E-state index in [4.69, 9.17) is 26.4 Å². The summed E-state index contributed by atoms with van der Waals surface area (Å²) in [6.45, 7) is 0.473. The van der Waals surface area contributed by atoms with Crippen molar-refractivity contribution in [3.8, 4) is 28.9 Å². The average molecular weight is 607 g/mol. The standard InChI is InChI=1S/C29H24F2N6O5S/c1-37-11-10-35-28(37)18-13-16(43(40)23-5-3-2-4-17(23)27(34)39)7-9-21(18)41-25-19(30)14-36-29(24(25)31)42-22-12-15(26(32)33)6-8-20(22)38/h2-10,12-14,28,38H,11H2,1H3,(H3,32,33)(H2,34,39). The third-order valence-corrected chi connectivity index (χ3v) is 7.89. The lowest BCUT2D eigenvalue weighted by Gasteiger charge is -2.22. The zero-order chi connectivity index (χ0) is 30.8. The first kappa shape index (κ1) is 29.4. The van der Waals surface area contributed by atoms with Crippen molar-refractivity contribution in [1.29, 1.82) is 5.41 Å². The van der Waals surface area contributed by atoms with Crippen LogP contribution in [0.15, 0.2) is 81.6 Å². The molecule has 4 aromatic rings. The molecule has 0 spiro atoms. The van der Waals surface area contributed by atoms with Crippen molar-refractivity contribution in [3.05, 3.63) is 95.2 Å². The number of carbonyl (C=O) groups is 1. The molecule has 2 atom stereocenters. The molecule has 0 saturated heterocycles. The quantitative estimate of drug-likeness (QED) is 0.124. The van der Waals surface area contributed by atoms with Crippen LogP contribution in [0.3, 0.4) is 0 Å². The van der Waals surface area contributed by atoms with Gasteiger partial charge in [0.05, 0.1) is 11.8 Å². The number of nitrogens with two attached hydrogens (primary N) is 2. The maximum atomic E-state index is 15.6. The Labute approximate surface area is 247 Å². The number of aromatic nitrogens is 1. The van der Waals surface area contributed by atoms with Crippen LogP contribution in [0.4, 0.5) is 8.78 Å². The van der Waals surface area contributed by atoms with Gasteiger partial charge in [-0.3, -0.25) is 20.1 Å². The summed E-state index contributed by atoms with van der Waals surface area (Å²) in [4.78, 5) is 22.3. The number of nitrogens with one attached hydrogen (secondary N) is 1. The molecule has 2 unspecified atom stereocenters. The van der Waals surface area contributed by atoms with E-state index in [1.807, 2.05) is 4.90 Å². The molecule has 2 heterocycles. The summed E-state index contributed by atoms with van der Waals surface area (Å²) < 4.78 is 55.2. The number of amidine groups is 1. The second-order valence-electron chi connectivity index (χ2n) is 9.33. The van der Waals surface area contributed by atoms with Gasteiger partial charge in [-0.2, -0.15) is 4.39 Å². The Hall–Kier alpha value is -5.05. The van der Waals surface area contributed by atoms with E-state index < -0.39 is 52.3 Å². The van der Waals surface area contributed by atoms with Gasteiger partial charge in [0.1, 0.15) is 17.8 Å². The van der Waals surface area contributed by atoms with E-state index in [1.165, 1.54) is 48.5 Å². The van der Waals surface area contributed by atoms with Gasteiger partial charge in [0.25, 0.3) is 11.8 Å². The molecule has 3 aromatic carbocycles. The Bertz CT molecular complexity index is 1770. The molecule has 1 amide bonds. The van der Waals surface area contributed by atoms with Crippen molar-refractivity contribution < 1.29 is 32.7 Å². The summed E-state index contributed by atoms with van der Waals surface area (Å²) in [7, 11) is 1.77. The first-order chi connectivity index (χ1) is 20.5. The molecule has 14 heteroatoms. The lowest BCUT2D eigenvalue weighted by Crippen LogP contribution is -2.20. The number of amides is 1. The average Bonchev–Trinajstić information content (AvgIpc) is 3.42. The predicted octanol–water partition coefficient (Wildman–Crippen LogP) is 4.21. The molecule has 1 aromatic heterocycles. The second-order valence-corrected chi connectivity index (χ2v) is 10.8. The van der Waals surface area contributed by atoms with Gasteiger partial charge in [-0.05, 0) is 49.5 Å². The molecular formula is C29H24F2N6O5S. The smallest absolute Gasteiger partial charge is 0.260 e. The minimum Gasteiger partial charge on any atom is -0.606 e. The van der Waals surface area contributed by atoms with Crippen molar-refractivity contribution in [3.63, 3.8) is 0 Å². The van der Waals surface area contributed by atoms with Crippen LogP contribution in [0.2, 0.25) is 0 Å². The number of aromatic hydroxyl groups is 1. The van der Waals surface area contributed by atoms with Crippen molar-refractivity contribution >= 4 is 29.1 Å². The van der Waals surface area contributed by atoms with Crippen LogP contribution in [0.25, 0.3) is 0 Å². The van der Waals surface area contributed by atoms with Crippen LogP contribution in [0, 0.1) is 17.0 Å². The number of benzene rings is 3. The van der Waals surface area contributed by atoms with Crippen LogP contribution >= 0.6 is 0 Å². The van der Waals surface area contributed by atoms with Crippen molar-refractivity contribution in [2.24, 2.45) is 16.5 Å². The normalized spacial score (nSPS) is 15.3. The molecule has 220 valence electrons. The number of nitrogens with zero attached hydrogens (tertiary/aromatic N) is 3. The van der Waals surface area contributed by atoms with E-state index in [2.05, 4.69) is 9.98 Å². The number of carbonyl (C=O) groups excluding carboxylic acids is 1. The summed E-state index contributed by atoms with van der Waals surface area (Å²) in [6, 6.07) is 14.3. The number of phenolic OH excluding ortho intramolecular Hbond substituents is 1. The molecule has 0 fully saturated rings. The van der Waals surface area contributed by atoms with E-state index in [-0.39, 0.29) is 38.3 Å². The van der Waals surface area contributed by atoms with E-state index in [9.17, 15) is 18.8 Å². The van der Waals surface area contributed by atoms with Gasteiger partial charge in [0.15, 0.2) is 27.1 Å². The zero-order valence-corrected chi connectivity index (χ0v) is 23.3. The molecule has 6 N–H and O–H groups in total. The minimum atomic E-state index is -1.85. The van der Waals surface area contributed by atoms with Crippen LogP contribution in [0.1, 0.15) is 27.7 Å². The number of phenols is 1. The van der Waals surface area contributed by atoms with E-state index in [1.54, 1.807) is 25.4 Å². The van der Waals surface area contributed by atoms with Crippen molar-refractivity contribution in [2.75, 3.05) is 13.6 Å². The van der Waals surface area contributed by atoms with E-state index >= 15 is 4.39 Å². The van der Waals surface area contributed by atoms with E-state index in [0.717, 1.165) is 0 Å². The summed E-state index contributed by atoms with van der Waals surface area (Å²) in [5, 5.41) is 17.7. The molecule has 5 rings (SSSR count). The van der Waals surface area contributed by atoms with Gasteiger partial charge >= 0.3 is 0 Å². The maximum absolute atomic E-state index is 15.6. The molecule has 11 nitrogen and oxygen atoms in total. The zero-order valence-electron chi connectivity index (χ0n) is 22.5. The lowest BCUT2D eigenvalue weighted by molar-refractivity contribution is 0.0997. The monoisotopic (exact) mass is 606 g/mol. The lowest BCUT2D eigenvalue weighted by atomic mass is 10.1. The van der Waals surface area contributed by atoms with E-state index in [0.29, 0.717) is 18.3 Å². The van der Waals surface area contributed by atoms with Crippen LogP contribution in [-0.4, -0.2) is 51.1 Å². The van der Waals surface area contributed by atoms with Gasteiger partial charge in [-0.15, -0.1) is 0 Å². The summed E-state index contributed by atoms with van der Waals surface area (Å²) >= 11 is -1.85. The molecule has 0 bridgehead atoms. The van der Waals surface area contributed by atoms with Crippen LogP contribution in [-0.2, 0) is 11.2 Å². The minimum absolute atomic E-state index is 0.00351. The summed E-state index contributed by atoms with van der Waals surface area (Å²) in [5.41, 5.74) is 11.6. The Balaban J connectivity index is 1.54. The second kappa shape index (κ2) is 12.1. The number of hydrogen-bond acceptors (Lipinski definition) is 9. The molecule has 1 aliphatic rings. The SMILES string of the molecule is CN1CC=NC1c1cc([S+]([O-])c2ccccc2C(N)=O)ccc1Oc1c(F)cnc(Oc2cc(C(=N)N)ccc2O)c1F. The number of aliphatic imine (C=N–C) groups is 1. The molecule has 0 radical (unpaired) electrons. The molecule has 1 aliphatic heterocycles. The number of rotatable bonds is 9. The first-order valence-corrected chi connectivity index (χ1v) is 13.7. The van der Waals surface area contributed by atoms with Gasteiger partial charge in [-0.1, -0.05) is 12.1 Å². The topological polar surface area (TPSA) is 183 Å². The third-order valence-electron chi connectivity index (χ3n) is 6.45. The Kier molecular flexibility index (Phi) is 8.25. The summed E-state index contributed by atoms with van der Waals surface area (Å²) in [5.74, 6) is -5.78. The number of halogens is 2. The molecule has 0 saturated carbocycles. The third kappa shape index (κ3) is 5.97. The Morgan fingerprint density at radius 3 is 2.58 bits per heavy atom. The predicted molar refractivity (Wildman–Crippen MR) is 153 cm³/mol. The van der Waals surface area contributed by atoms with Gasteiger partial charge < -0.3 is 30.6 Å². The Morgan fingerprint density at radius 1 is 1.12 bits per heavy atom.